The molecule has 0 unspecified atom stereocenters. The minimum atomic E-state index is -0.112. The number of nitrogens with zero attached hydrogens (tertiary/aromatic N) is 6. The lowest BCUT2D eigenvalue weighted by molar-refractivity contribution is 0.0740. The molecule has 1 aliphatic rings. The van der Waals surface area contributed by atoms with Crippen molar-refractivity contribution in [2.24, 2.45) is 0 Å². The normalized spacial score (nSPS) is 13.8. The van der Waals surface area contributed by atoms with Gasteiger partial charge in [-0.3, -0.25) is 4.79 Å². The predicted molar refractivity (Wildman–Crippen MR) is 108 cm³/mol. The fourth-order valence-electron chi connectivity index (χ4n) is 3.09. The smallest absolute Gasteiger partial charge is 0.272 e. The van der Waals surface area contributed by atoms with Gasteiger partial charge in [-0.1, -0.05) is 0 Å². The van der Waals surface area contributed by atoms with Gasteiger partial charge in [-0.05, 0) is 30.3 Å². The van der Waals surface area contributed by atoms with Gasteiger partial charge in [0.15, 0.2) is 0 Å². The largest absolute Gasteiger partial charge is 0.497 e. The van der Waals surface area contributed by atoms with Gasteiger partial charge >= 0.3 is 0 Å². The molecule has 29 heavy (non-hydrogen) atoms. The van der Waals surface area contributed by atoms with E-state index in [0.717, 1.165) is 11.4 Å². The molecule has 1 N–H and O–H groups in total. The van der Waals surface area contributed by atoms with Crippen molar-refractivity contribution in [2.75, 3.05) is 43.5 Å². The zero-order valence-corrected chi connectivity index (χ0v) is 16.0. The number of hydrogen-bond acceptors (Lipinski definition) is 8. The standard InChI is InChI=1S/C20H21N7O2/c1-29-16-5-3-15(4-6-16)25-18-13-17(23-14-24-18)19(28)26-9-11-27(12-10-26)20-21-7-2-8-22-20/h2-8,13-14H,9-12H2,1H3,(H,23,24,25). The van der Waals surface area contributed by atoms with E-state index in [-0.39, 0.29) is 5.91 Å². The zero-order valence-electron chi connectivity index (χ0n) is 16.0. The number of carbonyl (C=O) groups is 1. The van der Waals surface area contributed by atoms with Crippen molar-refractivity contribution in [1.82, 2.24) is 24.8 Å². The number of anilines is 3. The molecule has 1 saturated heterocycles. The summed E-state index contributed by atoms with van der Waals surface area (Å²) in [5, 5.41) is 3.18. The Bertz CT molecular complexity index is 958. The van der Waals surface area contributed by atoms with E-state index in [9.17, 15) is 4.79 Å². The SMILES string of the molecule is COc1ccc(Nc2cc(C(=O)N3CCN(c4ncccn4)CC3)ncn2)cc1. The van der Waals surface area contributed by atoms with Crippen molar-refractivity contribution in [1.29, 1.82) is 0 Å². The predicted octanol–water partition coefficient (Wildman–Crippen LogP) is 1.98. The minimum Gasteiger partial charge on any atom is -0.497 e. The maximum absolute atomic E-state index is 12.9. The molecule has 3 aromatic rings. The molecule has 0 aliphatic carbocycles. The van der Waals surface area contributed by atoms with Crippen LogP contribution in [-0.4, -0.2) is 64.0 Å². The van der Waals surface area contributed by atoms with Crippen molar-refractivity contribution in [3.05, 3.63) is 60.8 Å². The molecule has 0 radical (unpaired) electrons. The molecule has 1 amide bonds. The highest BCUT2D eigenvalue weighted by Gasteiger charge is 2.24. The summed E-state index contributed by atoms with van der Waals surface area (Å²) in [6.45, 7) is 2.53. The number of nitrogens with one attached hydrogen (secondary N) is 1. The molecule has 3 heterocycles. The Kier molecular flexibility index (Phi) is 5.46. The maximum atomic E-state index is 12.9. The summed E-state index contributed by atoms with van der Waals surface area (Å²) in [5.41, 5.74) is 1.21. The number of aromatic nitrogens is 4. The second-order valence-electron chi connectivity index (χ2n) is 6.47. The average molecular weight is 391 g/mol. The third-order valence-electron chi connectivity index (χ3n) is 4.65. The van der Waals surface area contributed by atoms with Crippen LogP contribution in [0.2, 0.25) is 0 Å². The number of amides is 1. The van der Waals surface area contributed by atoms with Crippen molar-refractivity contribution < 1.29 is 9.53 Å². The zero-order chi connectivity index (χ0) is 20.1. The van der Waals surface area contributed by atoms with Gasteiger partial charge in [0.05, 0.1) is 7.11 Å². The Morgan fingerprint density at radius 3 is 2.41 bits per heavy atom. The summed E-state index contributed by atoms with van der Waals surface area (Å²) < 4.78 is 5.16. The van der Waals surface area contributed by atoms with Gasteiger partial charge in [0.25, 0.3) is 5.91 Å². The second kappa shape index (κ2) is 8.51. The Labute approximate surface area is 168 Å². The first-order valence-corrected chi connectivity index (χ1v) is 9.27. The van der Waals surface area contributed by atoms with Gasteiger partial charge in [-0.15, -0.1) is 0 Å². The fourth-order valence-corrected chi connectivity index (χ4v) is 3.09. The molecule has 9 heteroatoms. The number of hydrogen-bond donors (Lipinski definition) is 1. The van der Waals surface area contributed by atoms with E-state index in [1.807, 2.05) is 24.3 Å². The van der Waals surface area contributed by atoms with Crippen LogP contribution in [0.25, 0.3) is 0 Å². The minimum absolute atomic E-state index is 0.112. The summed E-state index contributed by atoms with van der Waals surface area (Å²) in [6, 6.07) is 10.9. The number of rotatable bonds is 5. The Balaban J connectivity index is 1.39. The van der Waals surface area contributed by atoms with E-state index in [1.54, 1.807) is 36.5 Å². The summed E-state index contributed by atoms with van der Waals surface area (Å²) in [4.78, 5) is 33.6. The van der Waals surface area contributed by atoms with Crippen molar-refractivity contribution >= 4 is 23.4 Å². The second-order valence-corrected chi connectivity index (χ2v) is 6.47. The van der Waals surface area contributed by atoms with E-state index in [1.165, 1.54) is 6.33 Å². The molecule has 0 atom stereocenters. The van der Waals surface area contributed by atoms with Crippen LogP contribution in [0, 0.1) is 0 Å². The average Bonchev–Trinajstić information content (AvgIpc) is 2.80. The van der Waals surface area contributed by atoms with Gasteiger partial charge in [-0.25, -0.2) is 19.9 Å². The molecule has 1 aromatic carbocycles. The monoisotopic (exact) mass is 391 g/mol. The third kappa shape index (κ3) is 4.40. The molecule has 0 saturated carbocycles. The summed E-state index contributed by atoms with van der Waals surface area (Å²) in [7, 11) is 1.62. The highest BCUT2D eigenvalue weighted by atomic mass is 16.5. The molecular weight excluding hydrogens is 370 g/mol. The molecular formula is C20H21N7O2. The molecule has 2 aromatic heterocycles. The number of carbonyl (C=O) groups excluding carboxylic acids is 1. The number of methoxy groups -OCH3 is 1. The van der Waals surface area contributed by atoms with E-state index in [2.05, 4.69) is 30.2 Å². The van der Waals surface area contributed by atoms with Crippen molar-refractivity contribution in [3.63, 3.8) is 0 Å². The molecule has 1 fully saturated rings. The van der Waals surface area contributed by atoms with E-state index >= 15 is 0 Å². The molecule has 0 bridgehead atoms. The van der Waals surface area contributed by atoms with E-state index in [0.29, 0.717) is 43.6 Å². The van der Waals surface area contributed by atoms with E-state index in [4.69, 9.17) is 4.74 Å². The number of piperazine rings is 1. The van der Waals surface area contributed by atoms with Gasteiger partial charge in [0.1, 0.15) is 23.6 Å². The number of benzene rings is 1. The highest BCUT2D eigenvalue weighted by Crippen LogP contribution is 2.19. The van der Waals surface area contributed by atoms with Crippen LogP contribution in [-0.2, 0) is 0 Å². The lowest BCUT2D eigenvalue weighted by atomic mass is 10.2. The van der Waals surface area contributed by atoms with Crippen molar-refractivity contribution in [3.8, 4) is 5.75 Å². The number of ether oxygens (including phenoxy) is 1. The summed E-state index contributed by atoms with van der Waals surface area (Å²) in [5.74, 6) is 1.91. The molecule has 1 aliphatic heterocycles. The molecule has 4 rings (SSSR count). The highest BCUT2D eigenvalue weighted by molar-refractivity contribution is 5.93. The first kappa shape index (κ1) is 18.6. The Morgan fingerprint density at radius 2 is 1.72 bits per heavy atom. The Morgan fingerprint density at radius 1 is 1.00 bits per heavy atom. The maximum Gasteiger partial charge on any atom is 0.272 e. The van der Waals surface area contributed by atoms with Crippen LogP contribution < -0.4 is 15.0 Å². The Hall–Kier alpha value is -3.75. The van der Waals surface area contributed by atoms with Crippen LogP contribution in [0.15, 0.2) is 55.1 Å². The fraction of sp³-hybridized carbons (Fsp3) is 0.250. The van der Waals surface area contributed by atoms with Crippen molar-refractivity contribution in [2.45, 2.75) is 0 Å². The van der Waals surface area contributed by atoms with E-state index < -0.39 is 0 Å². The van der Waals surface area contributed by atoms with Gasteiger partial charge < -0.3 is 19.9 Å². The first-order valence-electron chi connectivity index (χ1n) is 9.27. The van der Waals surface area contributed by atoms with Gasteiger partial charge in [0, 0.05) is 50.3 Å². The topological polar surface area (TPSA) is 96.4 Å². The van der Waals surface area contributed by atoms with Gasteiger partial charge in [0.2, 0.25) is 5.95 Å². The summed E-state index contributed by atoms with van der Waals surface area (Å²) in [6.07, 6.45) is 4.84. The molecule has 0 spiro atoms. The molecule has 148 valence electrons. The van der Waals surface area contributed by atoms with Crippen LogP contribution in [0.5, 0.6) is 5.75 Å². The quantitative estimate of drug-likeness (QED) is 0.705. The summed E-state index contributed by atoms with van der Waals surface area (Å²) >= 11 is 0. The van der Waals surface area contributed by atoms with Crippen LogP contribution in [0.3, 0.4) is 0 Å². The lowest BCUT2D eigenvalue weighted by Crippen LogP contribution is -2.49. The third-order valence-corrected chi connectivity index (χ3v) is 4.65. The van der Waals surface area contributed by atoms with Gasteiger partial charge in [-0.2, -0.15) is 0 Å². The van der Waals surface area contributed by atoms with Crippen LogP contribution >= 0.6 is 0 Å². The first-order chi connectivity index (χ1) is 14.2. The molecule has 9 nitrogen and oxygen atoms in total. The lowest BCUT2D eigenvalue weighted by Gasteiger charge is -2.34. The van der Waals surface area contributed by atoms with Crippen LogP contribution in [0.1, 0.15) is 10.5 Å². The van der Waals surface area contributed by atoms with Crippen LogP contribution in [0.4, 0.5) is 17.5 Å².